The van der Waals surface area contributed by atoms with Crippen LogP contribution in [0.1, 0.15) is 40.4 Å². The lowest BCUT2D eigenvalue weighted by Gasteiger charge is -2.07. The second-order valence-corrected chi connectivity index (χ2v) is 7.70. The van der Waals surface area contributed by atoms with Crippen LogP contribution in [0.2, 0.25) is 0 Å². The monoisotopic (exact) mass is 430 g/mol. The standard InChI is InChI=1S/C17H22N2OS.C7H6F2/c1-2-14-5-3-6-15(11-14)12-18-8-4-9-19-17(20)16-7-10-21-13-16;1-5-2-6(8)4-7(9)3-5/h3,5-7,10-11,13,18H,2,4,8-9,12H2,1H3,(H,19,20);2-4H,1H3. The number of rotatable bonds is 8. The molecule has 2 aromatic carbocycles. The van der Waals surface area contributed by atoms with E-state index in [1.807, 2.05) is 16.8 Å². The molecule has 0 bridgehead atoms. The fraction of sp³-hybridized carbons (Fsp3) is 0.292. The minimum atomic E-state index is -0.521. The molecule has 0 atom stereocenters. The van der Waals surface area contributed by atoms with Gasteiger partial charge in [0.05, 0.1) is 0 Å². The number of hydrogen-bond acceptors (Lipinski definition) is 3. The molecule has 0 aliphatic heterocycles. The summed E-state index contributed by atoms with van der Waals surface area (Å²) in [5.41, 5.74) is 4.05. The molecule has 1 aromatic heterocycles. The van der Waals surface area contributed by atoms with Crippen LogP contribution in [0.4, 0.5) is 8.78 Å². The first-order valence-corrected chi connectivity index (χ1v) is 10.9. The van der Waals surface area contributed by atoms with Crippen LogP contribution in [0, 0.1) is 18.6 Å². The van der Waals surface area contributed by atoms with Gasteiger partial charge in [-0.25, -0.2) is 8.78 Å². The van der Waals surface area contributed by atoms with E-state index in [2.05, 4.69) is 41.8 Å². The Morgan fingerprint density at radius 1 is 1.00 bits per heavy atom. The minimum absolute atomic E-state index is 0.0203. The van der Waals surface area contributed by atoms with Gasteiger partial charge in [-0.3, -0.25) is 4.79 Å². The molecule has 3 rings (SSSR count). The molecule has 30 heavy (non-hydrogen) atoms. The van der Waals surface area contributed by atoms with Gasteiger partial charge in [0, 0.05) is 30.1 Å². The van der Waals surface area contributed by atoms with Crippen molar-refractivity contribution in [3.8, 4) is 0 Å². The Morgan fingerprint density at radius 2 is 1.73 bits per heavy atom. The summed E-state index contributed by atoms with van der Waals surface area (Å²) in [5.74, 6) is -1.02. The quantitative estimate of drug-likeness (QED) is 0.464. The van der Waals surface area contributed by atoms with Crippen LogP contribution < -0.4 is 10.6 Å². The van der Waals surface area contributed by atoms with Gasteiger partial charge in [-0.15, -0.1) is 0 Å². The smallest absolute Gasteiger partial charge is 0.252 e. The van der Waals surface area contributed by atoms with Crippen LogP contribution in [0.15, 0.2) is 59.3 Å². The molecule has 0 saturated heterocycles. The van der Waals surface area contributed by atoms with Crippen molar-refractivity contribution >= 4 is 17.2 Å². The molecule has 0 fully saturated rings. The van der Waals surface area contributed by atoms with Gasteiger partial charge in [0.15, 0.2) is 0 Å². The first-order chi connectivity index (χ1) is 14.5. The number of aryl methyl sites for hydroxylation is 2. The highest BCUT2D eigenvalue weighted by atomic mass is 32.1. The van der Waals surface area contributed by atoms with Crippen molar-refractivity contribution in [2.75, 3.05) is 13.1 Å². The van der Waals surface area contributed by atoms with E-state index in [4.69, 9.17) is 0 Å². The molecule has 3 nitrogen and oxygen atoms in total. The van der Waals surface area contributed by atoms with Crippen molar-refractivity contribution in [1.82, 2.24) is 10.6 Å². The summed E-state index contributed by atoms with van der Waals surface area (Å²) in [6.45, 7) is 6.30. The highest BCUT2D eigenvalue weighted by Gasteiger charge is 2.03. The maximum absolute atomic E-state index is 12.2. The normalized spacial score (nSPS) is 10.3. The third-order valence-corrected chi connectivity index (χ3v) is 5.02. The number of hydrogen-bond donors (Lipinski definition) is 2. The van der Waals surface area contributed by atoms with Crippen molar-refractivity contribution in [1.29, 1.82) is 0 Å². The summed E-state index contributed by atoms with van der Waals surface area (Å²) >= 11 is 1.54. The minimum Gasteiger partial charge on any atom is -0.352 e. The Kier molecular flexibility index (Phi) is 10.2. The second-order valence-electron chi connectivity index (χ2n) is 6.92. The lowest BCUT2D eigenvalue weighted by atomic mass is 10.1. The van der Waals surface area contributed by atoms with Crippen LogP contribution in [0.5, 0.6) is 0 Å². The number of amides is 1. The molecule has 2 N–H and O–H groups in total. The molecule has 0 saturated carbocycles. The van der Waals surface area contributed by atoms with Gasteiger partial charge >= 0.3 is 0 Å². The van der Waals surface area contributed by atoms with Gasteiger partial charge in [0.1, 0.15) is 11.6 Å². The van der Waals surface area contributed by atoms with Gasteiger partial charge in [-0.1, -0.05) is 31.2 Å². The Labute approximate surface area is 181 Å². The molecular formula is C24H28F2N2OS. The first-order valence-electron chi connectivity index (χ1n) is 9.99. The van der Waals surface area contributed by atoms with Crippen molar-refractivity contribution in [2.45, 2.75) is 33.2 Å². The summed E-state index contributed by atoms with van der Waals surface area (Å²) in [6.07, 6.45) is 2.01. The molecule has 6 heteroatoms. The van der Waals surface area contributed by atoms with Gasteiger partial charge in [-0.2, -0.15) is 11.3 Å². The molecule has 0 unspecified atom stereocenters. The molecule has 1 amide bonds. The molecule has 1 heterocycles. The summed E-state index contributed by atoms with van der Waals surface area (Å²) in [4.78, 5) is 11.7. The van der Waals surface area contributed by atoms with E-state index in [0.29, 0.717) is 12.1 Å². The van der Waals surface area contributed by atoms with Crippen molar-refractivity contribution in [2.24, 2.45) is 0 Å². The summed E-state index contributed by atoms with van der Waals surface area (Å²) < 4.78 is 24.4. The number of thiophene rings is 1. The SMILES string of the molecule is CCc1cccc(CNCCCNC(=O)c2ccsc2)c1.Cc1cc(F)cc(F)c1. The molecule has 0 radical (unpaired) electrons. The fourth-order valence-corrected chi connectivity index (χ4v) is 3.43. The van der Waals surface area contributed by atoms with Crippen LogP contribution in [-0.2, 0) is 13.0 Å². The van der Waals surface area contributed by atoms with E-state index in [9.17, 15) is 13.6 Å². The van der Waals surface area contributed by atoms with E-state index < -0.39 is 11.6 Å². The van der Waals surface area contributed by atoms with Crippen molar-refractivity contribution in [3.63, 3.8) is 0 Å². The number of carbonyl (C=O) groups is 1. The first kappa shape index (κ1) is 23.7. The molecule has 3 aromatic rings. The topological polar surface area (TPSA) is 41.1 Å². The zero-order valence-electron chi connectivity index (χ0n) is 17.4. The van der Waals surface area contributed by atoms with E-state index in [1.165, 1.54) is 23.3 Å². The van der Waals surface area contributed by atoms with E-state index in [0.717, 1.165) is 37.6 Å². The summed E-state index contributed by atoms with van der Waals surface area (Å²) in [7, 11) is 0. The number of nitrogens with one attached hydrogen (secondary N) is 2. The fourth-order valence-electron chi connectivity index (χ4n) is 2.80. The number of halogens is 2. The van der Waals surface area contributed by atoms with Gasteiger partial charge < -0.3 is 10.6 Å². The van der Waals surface area contributed by atoms with E-state index in [-0.39, 0.29) is 5.91 Å². The Bertz CT molecular complexity index is 863. The average molecular weight is 431 g/mol. The second kappa shape index (κ2) is 12.9. The molecular weight excluding hydrogens is 402 g/mol. The summed E-state index contributed by atoms with van der Waals surface area (Å²) in [6, 6.07) is 13.9. The molecule has 160 valence electrons. The largest absolute Gasteiger partial charge is 0.352 e. The van der Waals surface area contributed by atoms with E-state index in [1.54, 1.807) is 18.3 Å². The number of carbonyl (C=O) groups excluding carboxylic acids is 1. The zero-order chi connectivity index (χ0) is 21.8. The van der Waals surface area contributed by atoms with E-state index >= 15 is 0 Å². The predicted octanol–water partition coefficient (Wildman–Crippen LogP) is 5.49. The molecule has 0 aliphatic carbocycles. The predicted molar refractivity (Wildman–Crippen MR) is 120 cm³/mol. The average Bonchev–Trinajstić information content (AvgIpc) is 3.25. The molecule has 0 spiro atoms. The van der Waals surface area contributed by atoms with Crippen LogP contribution in [-0.4, -0.2) is 19.0 Å². The van der Waals surface area contributed by atoms with Gasteiger partial charge in [0.2, 0.25) is 0 Å². The third kappa shape index (κ3) is 8.84. The Morgan fingerprint density at radius 3 is 2.37 bits per heavy atom. The van der Waals surface area contributed by atoms with Crippen LogP contribution in [0.3, 0.4) is 0 Å². The lowest BCUT2D eigenvalue weighted by Crippen LogP contribution is -2.26. The van der Waals surface area contributed by atoms with Crippen molar-refractivity contribution < 1.29 is 13.6 Å². The maximum Gasteiger partial charge on any atom is 0.252 e. The van der Waals surface area contributed by atoms with Crippen LogP contribution in [0.25, 0.3) is 0 Å². The molecule has 0 aliphatic rings. The highest BCUT2D eigenvalue weighted by molar-refractivity contribution is 7.08. The lowest BCUT2D eigenvalue weighted by molar-refractivity contribution is 0.0953. The zero-order valence-corrected chi connectivity index (χ0v) is 18.2. The van der Waals surface area contributed by atoms with Gasteiger partial charge in [-0.05, 0) is 66.6 Å². The third-order valence-electron chi connectivity index (χ3n) is 4.33. The van der Waals surface area contributed by atoms with Crippen LogP contribution >= 0.6 is 11.3 Å². The van der Waals surface area contributed by atoms with Crippen molar-refractivity contribution in [3.05, 3.63) is 93.2 Å². The Hall–Kier alpha value is -2.57. The highest BCUT2D eigenvalue weighted by Crippen LogP contribution is 2.07. The van der Waals surface area contributed by atoms with Gasteiger partial charge in [0.25, 0.3) is 5.91 Å². The Balaban J connectivity index is 0.000000297. The number of benzene rings is 2. The summed E-state index contributed by atoms with van der Waals surface area (Å²) in [5, 5.41) is 10.1. The maximum atomic E-state index is 12.2.